The maximum atomic E-state index is 12.4. The molecule has 3 rings (SSSR count). The Hall–Kier alpha value is -2.97. The van der Waals surface area contributed by atoms with Gasteiger partial charge in [-0.05, 0) is 50.1 Å². The van der Waals surface area contributed by atoms with Crippen molar-refractivity contribution in [2.75, 3.05) is 0 Å². The maximum Gasteiger partial charge on any atom is 0.258 e. The van der Waals surface area contributed by atoms with Crippen molar-refractivity contribution in [2.24, 2.45) is 0 Å². The Morgan fingerprint density at radius 1 is 1.15 bits per heavy atom. The van der Waals surface area contributed by atoms with E-state index in [0.29, 0.717) is 23.8 Å². The molecular weight excluding hydrogens is 324 g/mol. The van der Waals surface area contributed by atoms with Crippen LogP contribution < -0.4 is 5.56 Å². The van der Waals surface area contributed by atoms with Gasteiger partial charge in [0.15, 0.2) is 0 Å². The van der Waals surface area contributed by atoms with Gasteiger partial charge in [0.25, 0.3) is 5.56 Å². The zero-order chi connectivity index (χ0) is 18.7. The van der Waals surface area contributed by atoms with E-state index in [0.717, 1.165) is 23.4 Å². The van der Waals surface area contributed by atoms with Gasteiger partial charge in [-0.3, -0.25) is 14.1 Å². The Bertz CT molecular complexity index is 1010. The number of aryl methyl sites for hydroxylation is 1. The summed E-state index contributed by atoms with van der Waals surface area (Å²) in [5, 5.41) is 8.92. The molecule has 3 aromatic rings. The van der Waals surface area contributed by atoms with E-state index < -0.39 is 0 Å². The number of benzene rings is 1. The van der Waals surface area contributed by atoms with Gasteiger partial charge in [-0.15, -0.1) is 0 Å². The molecular formula is C21H22N4O. The summed E-state index contributed by atoms with van der Waals surface area (Å²) in [6, 6.07) is 15.5. The summed E-state index contributed by atoms with van der Waals surface area (Å²) in [6.45, 7) is 7.54. The first kappa shape index (κ1) is 17.8. The number of nitrogens with zero attached hydrogens (tertiary/aromatic N) is 4. The van der Waals surface area contributed by atoms with Crippen molar-refractivity contribution >= 4 is 5.65 Å². The molecule has 0 saturated carbocycles. The lowest BCUT2D eigenvalue weighted by Gasteiger charge is -2.26. The first-order chi connectivity index (χ1) is 12.5. The lowest BCUT2D eigenvalue weighted by Crippen LogP contribution is -2.31. The lowest BCUT2D eigenvalue weighted by atomic mass is 10.1. The van der Waals surface area contributed by atoms with Gasteiger partial charge < -0.3 is 0 Å². The Balaban J connectivity index is 1.85. The fourth-order valence-electron chi connectivity index (χ4n) is 2.89. The van der Waals surface area contributed by atoms with E-state index in [1.807, 2.05) is 49.5 Å². The van der Waals surface area contributed by atoms with Crippen molar-refractivity contribution in [3.8, 4) is 6.07 Å². The zero-order valence-corrected chi connectivity index (χ0v) is 15.3. The summed E-state index contributed by atoms with van der Waals surface area (Å²) in [4.78, 5) is 19.3. The lowest BCUT2D eigenvalue weighted by molar-refractivity contribution is 0.201. The fraction of sp³-hybridized carbons (Fsp3) is 0.286. The third-order valence-corrected chi connectivity index (χ3v) is 4.42. The topological polar surface area (TPSA) is 61.4 Å². The van der Waals surface area contributed by atoms with Crippen molar-refractivity contribution in [3.63, 3.8) is 0 Å². The molecule has 0 amide bonds. The van der Waals surface area contributed by atoms with E-state index in [1.54, 1.807) is 10.5 Å². The van der Waals surface area contributed by atoms with Crippen LogP contribution in [0.3, 0.4) is 0 Å². The second kappa shape index (κ2) is 7.51. The summed E-state index contributed by atoms with van der Waals surface area (Å²) >= 11 is 0. The molecule has 0 aliphatic rings. The second-order valence-corrected chi connectivity index (χ2v) is 6.83. The highest BCUT2D eigenvalue weighted by Crippen LogP contribution is 2.13. The summed E-state index contributed by atoms with van der Waals surface area (Å²) in [5.41, 5.74) is 4.19. The number of fused-ring (bicyclic) bond motifs is 1. The number of hydrogen-bond acceptors (Lipinski definition) is 4. The van der Waals surface area contributed by atoms with Gasteiger partial charge in [0, 0.05) is 31.4 Å². The highest BCUT2D eigenvalue weighted by molar-refractivity contribution is 5.40. The predicted octanol–water partition coefficient (Wildman–Crippen LogP) is 3.29. The van der Waals surface area contributed by atoms with Gasteiger partial charge >= 0.3 is 0 Å². The van der Waals surface area contributed by atoms with Gasteiger partial charge in [0.1, 0.15) is 5.65 Å². The predicted molar refractivity (Wildman–Crippen MR) is 102 cm³/mol. The number of hydrogen-bond donors (Lipinski definition) is 0. The molecule has 0 saturated heterocycles. The molecule has 0 aliphatic heterocycles. The van der Waals surface area contributed by atoms with Crippen LogP contribution in [0.15, 0.2) is 53.5 Å². The fourth-order valence-corrected chi connectivity index (χ4v) is 2.89. The van der Waals surface area contributed by atoms with Crippen molar-refractivity contribution in [2.45, 2.75) is 39.9 Å². The van der Waals surface area contributed by atoms with Crippen molar-refractivity contribution in [3.05, 3.63) is 81.4 Å². The Morgan fingerprint density at radius 3 is 2.54 bits per heavy atom. The first-order valence-corrected chi connectivity index (χ1v) is 8.68. The van der Waals surface area contributed by atoms with Gasteiger partial charge in [-0.25, -0.2) is 4.98 Å². The van der Waals surface area contributed by atoms with Crippen LogP contribution >= 0.6 is 0 Å². The van der Waals surface area contributed by atoms with E-state index in [9.17, 15) is 4.79 Å². The molecule has 26 heavy (non-hydrogen) atoms. The van der Waals surface area contributed by atoms with Crippen molar-refractivity contribution in [1.29, 1.82) is 5.26 Å². The maximum absolute atomic E-state index is 12.4. The van der Waals surface area contributed by atoms with Gasteiger partial charge in [0.05, 0.1) is 17.3 Å². The standard InChI is InChI=1S/C21H22N4O/c1-15(2)24(13-18-7-5-17(11-22)6-8-18)14-19-10-21(26)25-12-16(3)4-9-20(25)23-19/h4-10,12,15H,13-14H2,1-3H3. The molecule has 0 radical (unpaired) electrons. The van der Waals surface area contributed by atoms with Crippen LogP contribution in [0.25, 0.3) is 5.65 Å². The molecule has 2 heterocycles. The number of pyridine rings is 1. The van der Waals surface area contributed by atoms with Crippen LogP contribution in [0, 0.1) is 18.3 Å². The summed E-state index contributed by atoms with van der Waals surface area (Å²) in [6.07, 6.45) is 1.81. The van der Waals surface area contributed by atoms with Crippen LogP contribution in [-0.4, -0.2) is 20.3 Å². The van der Waals surface area contributed by atoms with Gasteiger partial charge in [-0.2, -0.15) is 5.26 Å². The van der Waals surface area contributed by atoms with Crippen molar-refractivity contribution < 1.29 is 0 Å². The minimum absolute atomic E-state index is 0.0595. The van der Waals surface area contributed by atoms with E-state index in [1.165, 1.54) is 0 Å². The molecule has 132 valence electrons. The van der Waals surface area contributed by atoms with Crippen LogP contribution in [0.5, 0.6) is 0 Å². The normalized spacial score (nSPS) is 11.2. The van der Waals surface area contributed by atoms with E-state index >= 15 is 0 Å². The highest BCUT2D eigenvalue weighted by atomic mass is 16.1. The number of aromatic nitrogens is 2. The number of nitriles is 1. The molecule has 0 N–H and O–H groups in total. The average Bonchev–Trinajstić information content (AvgIpc) is 2.62. The molecule has 1 aromatic carbocycles. The first-order valence-electron chi connectivity index (χ1n) is 8.68. The highest BCUT2D eigenvalue weighted by Gasteiger charge is 2.13. The molecule has 0 atom stereocenters. The van der Waals surface area contributed by atoms with E-state index in [-0.39, 0.29) is 5.56 Å². The Kier molecular flexibility index (Phi) is 5.15. The molecule has 0 fully saturated rings. The average molecular weight is 346 g/mol. The Labute approximate surface area is 153 Å². The molecule has 0 unspecified atom stereocenters. The van der Waals surface area contributed by atoms with Crippen LogP contribution in [0.4, 0.5) is 0 Å². The van der Waals surface area contributed by atoms with Gasteiger partial charge in [0.2, 0.25) is 0 Å². The Morgan fingerprint density at radius 2 is 1.88 bits per heavy atom. The third-order valence-electron chi connectivity index (χ3n) is 4.42. The second-order valence-electron chi connectivity index (χ2n) is 6.83. The SMILES string of the molecule is Cc1ccc2nc(CN(Cc3ccc(C#N)cc3)C(C)C)cc(=O)n2c1. The molecule has 0 spiro atoms. The smallest absolute Gasteiger partial charge is 0.258 e. The molecule has 5 heteroatoms. The van der Waals surface area contributed by atoms with Crippen molar-refractivity contribution in [1.82, 2.24) is 14.3 Å². The minimum atomic E-state index is -0.0595. The number of rotatable bonds is 5. The van der Waals surface area contributed by atoms with E-state index in [2.05, 4.69) is 29.8 Å². The summed E-state index contributed by atoms with van der Waals surface area (Å²) in [7, 11) is 0. The van der Waals surface area contributed by atoms with E-state index in [4.69, 9.17) is 5.26 Å². The molecule has 5 nitrogen and oxygen atoms in total. The largest absolute Gasteiger partial charge is 0.291 e. The molecule has 2 aromatic heterocycles. The minimum Gasteiger partial charge on any atom is -0.291 e. The summed E-state index contributed by atoms with van der Waals surface area (Å²) in [5.74, 6) is 0. The molecule has 0 aliphatic carbocycles. The molecule has 0 bridgehead atoms. The quantitative estimate of drug-likeness (QED) is 0.711. The van der Waals surface area contributed by atoms with Crippen LogP contribution in [-0.2, 0) is 13.1 Å². The van der Waals surface area contributed by atoms with Crippen LogP contribution in [0.1, 0.15) is 36.2 Å². The monoisotopic (exact) mass is 346 g/mol. The zero-order valence-electron chi connectivity index (χ0n) is 15.3. The summed E-state index contributed by atoms with van der Waals surface area (Å²) < 4.78 is 1.58. The van der Waals surface area contributed by atoms with Crippen LogP contribution in [0.2, 0.25) is 0 Å². The van der Waals surface area contributed by atoms with Gasteiger partial charge in [-0.1, -0.05) is 18.2 Å². The third kappa shape index (κ3) is 3.98.